The molecule has 1 aliphatic rings. The van der Waals surface area contributed by atoms with Gasteiger partial charge in [-0.15, -0.1) is 0 Å². The largest absolute Gasteiger partial charge is 0.367 e. The second-order valence-electron chi connectivity index (χ2n) is 5.81. The molecule has 4 heteroatoms. The quantitative estimate of drug-likeness (QED) is 0.857. The molecule has 1 amide bonds. The molecule has 1 aliphatic heterocycles. The van der Waals surface area contributed by atoms with Crippen molar-refractivity contribution in [2.24, 2.45) is 11.7 Å². The molecule has 0 fully saturated rings. The second kappa shape index (κ2) is 6.27. The van der Waals surface area contributed by atoms with Gasteiger partial charge in [-0.2, -0.15) is 0 Å². The molecule has 0 radical (unpaired) electrons. The molecule has 3 unspecified atom stereocenters. The maximum Gasteiger partial charge on any atom is 0.224 e. The van der Waals surface area contributed by atoms with Gasteiger partial charge in [-0.1, -0.05) is 25.1 Å². The predicted molar refractivity (Wildman–Crippen MR) is 82.8 cm³/mol. The molecule has 3 N–H and O–H groups in total. The lowest BCUT2D eigenvalue weighted by Crippen LogP contribution is -2.42. The van der Waals surface area contributed by atoms with E-state index < -0.39 is 0 Å². The first kappa shape index (κ1) is 14.9. The van der Waals surface area contributed by atoms with Crippen molar-refractivity contribution in [1.29, 1.82) is 0 Å². The van der Waals surface area contributed by atoms with Crippen LogP contribution in [0.3, 0.4) is 0 Å². The lowest BCUT2D eigenvalue weighted by atomic mass is 10.0. The van der Waals surface area contributed by atoms with Crippen LogP contribution in [0.5, 0.6) is 0 Å². The maximum absolute atomic E-state index is 11.9. The van der Waals surface area contributed by atoms with E-state index in [1.165, 1.54) is 11.3 Å². The van der Waals surface area contributed by atoms with Gasteiger partial charge in [0.05, 0.1) is 0 Å². The van der Waals surface area contributed by atoms with Gasteiger partial charge in [-0.05, 0) is 31.9 Å². The zero-order valence-electron chi connectivity index (χ0n) is 12.6. The zero-order valence-corrected chi connectivity index (χ0v) is 12.6. The van der Waals surface area contributed by atoms with Gasteiger partial charge in [0.1, 0.15) is 0 Å². The van der Waals surface area contributed by atoms with E-state index in [1.54, 1.807) is 0 Å². The third-order valence-corrected chi connectivity index (χ3v) is 4.20. The molecule has 0 saturated heterocycles. The van der Waals surface area contributed by atoms with Gasteiger partial charge < -0.3 is 16.0 Å². The summed E-state index contributed by atoms with van der Waals surface area (Å²) in [6.45, 7) is 7.47. The second-order valence-corrected chi connectivity index (χ2v) is 5.81. The molecule has 0 saturated carbocycles. The highest BCUT2D eigenvalue weighted by Gasteiger charge is 2.25. The van der Waals surface area contributed by atoms with E-state index >= 15 is 0 Å². The molecule has 4 nitrogen and oxygen atoms in total. The monoisotopic (exact) mass is 275 g/mol. The fourth-order valence-electron chi connectivity index (χ4n) is 2.67. The SMILES string of the molecule is CC(N)C(C)C(=O)NCCN1c2ccccc2CC1C. The molecule has 0 aliphatic carbocycles. The van der Waals surface area contributed by atoms with Crippen LogP contribution in [0.2, 0.25) is 0 Å². The number of hydrogen-bond donors (Lipinski definition) is 2. The number of rotatable bonds is 5. The van der Waals surface area contributed by atoms with Crippen LogP contribution in [0.15, 0.2) is 24.3 Å². The van der Waals surface area contributed by atoms with E-state index in [2.05, 4.69) is 41.4 Å². The van der Waals surface area contributed by atoms with Crippen molar-refractivity contribution in [1.82, 2.24) is 5.32 Å². The Morgan fingerprint density at radius 3 is 2.85 bits per heavy atom. The number of anilines is 1. The minimum atomic E-state index is -0.140. The van der Waals surface area contributed by atoms with E-state index in [-0.39, 0.29) is 17.9 Å². The van der Waals surface area contributed by atoms with Crippen LogP contribution in [0.4, 0.5) is 5.69 Å². The fourth-order valence-corrected chi connectivity index (χ4v) is 2.67. The van der Waals surface area contributed by atoms with Crippen molar-refractivity contribution in [2.45, 2.75) is 39.3 Å². The minimum absolute atomic E-state index is 0.0418. The van der Waals surface area contributed by atoms with Crippen molar-refractivity contribution >= 4 is 11.6 Å². The van der Waals surface area contributed by atoms with E-state index in [0.717, 1.165) is 13.0 Å². The molecule has 1 heterocycles. The maximum atomic E-state index is 11.9. The number of carbonyl (C=O) groups excluding carboxylic acids is 1. The van der Waals surface area contributed by atoms with Crippen molar-refractivity contribution < 1.29 is 4.79 Å². The number of nitrogens with one attached hydrogen (secondary N) is 1. The van der Waals surface area contributed by atoms with Crippen LogP contribution in [0.1, 0.15) is 26.3 Å². The first-order chi connectivity index (χ1) is 9.50. The number of benzene rings is 1. The summed E-state index contributed by atoms with van der Waals surface area (Å²) in [6, 6.07) is 8.88. The Labute approximate surface area is 121 Å². The number of hydrogen-bond acceptors (Lipinski definition) is 3. The van der Waals surface area contributed by atoms with Gasteiger partial charge in [0, 0.05) is 36.8 Å². The summed E-state index contributed by atoms with van der Waals surface area (Å²) >= 11 is 0. The van der Waals surface area contributed by atoms with Crippen LogP contribution in [-0.4, -0.2) is 31.1 Å². The van der Waals surface area contributed by atoms with E-state index in [1.807, 2.05) is 13.8 Å². The topological polar surface area (TPSA) is 58.4 Å². The highest BCUT2D eigenvalue weighted by Crippen LogP contribution is 2.31. The summed E-state index contributed by atoms with van der Waals surface area (Å²) in [7, 11) is 0. The lowest BCUT2D eigenvalue weighted by Gasteiger charge is -2.25. The summed E-state index contributed by atoms with van der Waals surface area (Å²) in [6.07, 6.45) is 1.08. The van der Waals surface area contributed by atoms with Crippen molar-refractivity contribution in [3.63, 3.8) is 0 Å². The van der Waals surface area contributed by atoms with Crippen molar-refractivity contribution in [3.8, 4) is 0 Å². The Hall–Kier alpha value is -1.55. The highest BCUT2D eigenvalue weighted by molar-refractivity contribution is 5.79. The molecule has 1 aromatic carbocycles. The summed E-state index contributed by atoms with van der Waals surface area (Å²) < 4.78 is 0. The number of amides is 1. The average molecular weight is 275 g/mol. The minimum Gasteiger partial charge on any atom is -0.367 e. The van der Waals surface area contributed by atoms with Gasteiger partial charge >= 0.3 is 0 Å². The molecule has 0 bridgehead atoms. The Balaban J connectivity index is 1.87. The standard InChI is InChI=1S/C16H25N3O/c1-11-10-14-6-4-5-7-15(14)19(11)9-8-18-16(20)12(2)13(3)17/h4-7,11-13H,8-10,17H2,1-3H3,(H,18,20). The predicted octanol–water partition coefficient (Wildman–Crippen LogP) is 1.54. The smallest absolute Gasteiger partial charge is 0.224 e. The van der Waals surface area contributed by atoms with Crippen LogP contribution >= 0.6 is 0 Å². The van der Waals surface area contributed by atoms with Crippen molar-refractivity contribution in [2.75, 3.05) is 18.0 Å². The molecule has 110 valence electrons. The third-order valence-electron chi connectivity index (χ3n) is 4.20. The first-order valence-electron chi connectivity index (χ1n) is 7.38. The summed E-state index contributed by atoms with van der Waals surface area (Å²) in [4.78, 5) is 14.2. The van der Waals surface area contributed by atoms with Crippen LogP contribution in [0, 0.1) is 5.92 Å². The van der Waals surface area contributed by atoms with Gasteiger partial charge in [0.2, 0.25) is 5.91 Å². The molecule has 20 heavy (non-hydrogen) atoms. The Bertz CT molecular complexity index is 473. The fraction of sp³-hybridized carbons (Fsp3) is 0.562. The van der Waals surface area contributed by atoms with Crippen LogP contribution in [-0.2, 0) is 11.2 Å². The zero-order chi connectivity index (χ0) is 14.7. The molecular formula is C16H25N3O. The van der Waals surface area contributed by atoms with E-state index in [9.17, 15) is 4.79 Å². The highest BCUT2D eigenvalue weighted by atomic mass is 16.1. The number of carbonyl (C=O) groups is 1. The Kier molecular flexibility index (Phi) is 4.65. The summed E-state index contributed by atoms with van der Waals surface area (Å²) in [5, 5.41) is 2.98. The first-order valence-corrected chi connectivity index (χ1v) is 7.38. The number of nitrogens with two attached hydrogens (primary N) is 1. The van der Waals surface area contributed by atoms with E-state index in [0.29, 0.717) is 12.6 Å². The Morgan fingerprint density at radius 1 is 1.45 bits per heavy atom. The number of fused-ring (bicyclic) bond motifs is 1. The Morgan fingerprint density at radius 2 is 2.15 bits per heavy atom. The number of para-hydroxylation sites is 1. The van der Waals surface area contributed by atoms with E-state index in [4.69, 9.17) is 5.73 Å². The lowest BCUT2D eigenvalue weighted by molar-refractivity contribution is -0.124. The molecule has 3 atom stereocenters. The van der Waals surface area contributed by atoms with Gasteiger partial charge in [-0.3, -0.25) is 4.79 Å². The summed E-state index contributed by atoms with van der Waals surface area (Å²) in [5.41, 5.74) is 8.44. The van der Waals surface area contributed by atoms with Crippen molar-refractivity contribution in [3.05, 3.63) is 29.8 Å². The molecule has 0 aromatic heterocycles. The average Bonchev–Trinajstić information content (AvgIpc) is 2.74. The normalized spacial score (nSPS) is 20.4. The van der Waals surface area contributed by atoms with Crippen LogP contribution < -0.4 is 16.0 Å². The van der Waals surface area contributed by atoms with Crippen LogP contribution in [0.25, 0.3) is 0 Å². The molecule has 0 spiro atoms. The molecule has 2 rings (SSSR count). The molecule has 1 aromatic rings. The third kappa shape index (κ3) is 3.12. The van der Waals surface area contributed by atoms with Gasteiger partial charge in [-0.25, -0.2) is 0 Å². The molecular weight excluding hydrogens is 250 g/mol. The summed E-state index contributed by atoms with van der Waals surface area (Å²) in [5.74, 6) is -0.0987. The van der Waals surface area contributed by atoms with Gasteiger partial charge in [0.15, 0.2) is 0 Å². The number of nitrogens with zero attached hydrogens (tertiary/aromatic N) is 1. The van der Waals surface area contributed by atoms with Gasteiger partial charge in [0.25, 0.3) is 0 Å².